The minimum Gasteiger partial charge on any atom is -0.497 e. The van der Waals surface area contributed by atoms with Crippen LogP contribution in [0.1, 0.15) is 18.1 Å². The van der Waals surface area contributed by atoms with Crippen molar-refractivity contribution in [3.63, 3.8) is 0 Å². The van der Waals surface area contributed by atoms with Crippen LogP contribution in [0.4, 0.5) is 0 Å². The smallest absolute Gasteiger partial charge is 0.241 e. The van der Waals surface area contributed by atoms with E-state index in [4.69, 9.17) is 4.74 Å². The molecule has 2 aromatic carbocycles. The summed E-state index contributed by atoms with van der Waals surface area (Å²) in [5, 5.41) is 6.87. The number of sulfonamides is 1. The van der Waals surface area contributed by atoms with Crippen molar-refractivity contribution < 1.29 is 17.9 Å². The Morgan fingerprint density at radius 1 is 1.13 bits per heavy atom. The summed E-state index contributed by atoms with van der Waals surface area (Å²) in [6.45, 7) is 2.28. The Morgan fingerprint density at radius 2 is 1.83 bits per heavy atom. The molecule has 2 N–H and O–H groups in total. The predicted molar refractivity (Wildman–Crippen MR) is 110 cm³/mol. The van der Waals surface area contributed by atoms with Gasteiger partial charge in [-0.2, -0.15) is 9.82 Å². The first-order valence-electron chi connectivity index (χ1n) is 9.22. The fourth-order valence-corrected chi connectivity index (χ4v) is 4.02. The van der Waals surface area contributed by atoms with E-state index in [1.54, 1.807) is 23.1 Å². The number of benzene rings is 2. The predicted octanol–water partition coefficient (Wildman–Crippen LogP) is 1.32. The number of amides is 1. The van der Waals surface area contributed by atoms with E-state index in [0.717, 1.165) is 11.1 Å². The number of nitrogens with one attached hydrogen (secondary N) is 2. The zero-order chi connectivity index (χ0) is 21.6. The van der Waals surface area contributed by atoms with Crippen molar-refractivity contribution in [1.82, 2.24) is 24.8 Å². The molecule has 1 heterocycles. The highest BCUT2D eigenvalue weighted by molar-refractivity contribution is 7.89. The SMILES string of the molecule is COc1ccc(S(=O)(=O)N[C@@H](C)C(=O)NCc2ccccc2Cn2cncn2)cc1. The minimum absolute atomic E-state index is 0.0566. The third-order valence-corrected chi connectivity index (χ3v) is 6.02. The maximum Gasteiger partial charge on any atom is 0.241 e. The monoisotopic (exact) mass is 429 g/mol. The molecule has 3 rings (SSSR count). The van der Waals surface area contributed by atoms with Gasteiger partial charge in [-0.05, 0) is 42.3 Å². The van der Waals surface area contributed by atoms with Crippen molar-refractivity contribution in [2.75, 3.05) is 7.11 Å². The molecule has 9 nitrogen and oxygen atoms in total. The molecule has 0 aliphatic heterocycles. The largest absolute Gasteiger partial charge is 0.497 e. The van der Waals surface area contributed by atoms with Gasteiger partial charge in [0.15, 0.2) is 0 Å². The lowest BCUT2D eigenvalue weighted by molar-refractivity contribution is -0.122. The number of ether oxygens (including phenoxy) is 1. The van der Waals surface area contributed by atoms with Gasteiger partial charge >= 0.3 is 0 Å². The fraction of sp³-hybridized carbons (Fsp3) is 0.250. The molecule has 0 saturated carbocycles. The quantitative estimate of drug-likeness (QED) is 0.530. The Balaban J connectivity index is 1.61. The van der Waals surface area contributed by atoms with E-state index in [1.807, 2.05) is 24.3 Å². The highest BCUT2D eigenvalue weighted by atomic mass is 32.2. The molecule has 1 atom stereocenters. The number of hydrogen-bond acceptors (Lipinski definition) is 6. The summed E-state index contributed by atoms with van der Waals surface area (Å²) in [6, 6.07) is 12.6. The molecule has 0 saturated heterocycles. The lowest BCUT2D eigenvalue weighted by Crippen LogP contribution is -2.44. The van der Waals surface area contributed by atoms with Crippen molar-refractivity contribution in [3.8, 4) is 5.75 Å². The van der Waals surface area contributed by atoms with Crippen LogP contribution < -0.4 is 14.8 Å². The number of carbonyl (C=O) groups is 1. The Bertz CT molecular complexity index is 1080. The number of nitrogens with zero attached hydrogens (tertiary/aromatic N) is 3. The average molecular weight is 430 g/mol. The van der Waals surface area contributed by atoms with Gasteiger partial charge in [0.05, 0.1) is 24.6 Å². The minimum atomic E-state index is -3.84. The molecule has 0 aliphatic carbocycles. The van der Waals surface area contributed by atoms with E-state index in [-0.39, 0.29) is 11.4 Å². The first-order valence-corrected chi connectivity index (χ1v) is 10.7. The van der Waals surface area contributed by atoms with Crippen molar-refractivity contribution in [3.05, 3.63) is 72.3 Å². The standard InChI is InChI=1S/C20H23N5O4S/c1-15(24-30(27,28)19-9-7-18(29-2)8-10-19)20(26)22-11-16-5-3-4-6-17(16)12-25-14-21-13-23-25/h3-10,13-15,24H,11-12H2,1-2H3,(H,22,26)/t15-/m0/s1. The zero-order valence-electron chi connectivity index (χ0n) is 16.6. The van der Waals surface area contributed by atoms with Crippen molar-refractivity contribution in [2.45, 2.75) is 31.0 Å². The van der Waals surface area contributed by atoms with Gasteiger partial charge in [0.25, 0.3) is 0 Å². The van der Waals surface area contributed by atoms with Crippen LogP contribution in [-0.4, -0.2) is 42.2 Å². The zero-order valence-corrected chi connectivity index (χ0v) is 17.5. The van der Waals surface area contributed by atoms with E-state index in [2.05, 4.69) is 20.1 Å². The van der Waals surface area contributed by atoms with Crippen LogP contribution in [0.25, 0.3) is 0 Å². The summed E-state index contributed by atoms with van der Waals surface area (Å²) in [6.07, 6.45) is 3.08. The second kappa shape index (κ2) is 9.51. The van der Waals surface area contributed by atoms with E-state index in [0.29, 0.717) is 12.3 Å². The topological polar surface area (TPSA) is 115 Å². The van der Waals surface area contributed by atoms with Gasteiger partial charge in [-0.3, -0.25) is 4.79 Å². The van der Waals surface area contributed by atoms with Crippen LogP contribution in [0.15, 0.2) is 66.1 Å². The summed E-state index contributed by atoms with van der Waals surface area (Å²) >= 11 is 0. The lowest BCUT2D eigenvalue weighted by atomic mass is 10.1. The average Bonchev–Trinajstić information content (AvgIpc) is 3.25. The first kappa shape index (κ1) is 21.5. The van der Waals surface area contributed by atoms with Crippen LogP contribution in [0.5, 0.6) is 5.75 Å². The number of aromatic nitrogens is 3. The van der Waals surface area contributed by atoms with Crippen LogP contribution in [-0.2, 0) is 27.9 Å². The Hall–Kier alpha value is -3.24. The number of rotatable bonds is 9. The maximum atomic E-state index is 12.5. The second-order valence-corrected chi connectivity index (χ2v) is 8.31. The number of methoxy groups -OCH3 is 1. The molecule has 10 heteroatoms. The van der Waals surface area contributed by atoms with Crippen LogP contribution in [0.3, 0.4) is 0 Å². The van der Waals surface area contributed by atoms with Gasteiger partial charge in [0, 0.05) is 6.54 Å². The van der Waals surface area contributed by atoms with Crippen LogP contribution in [0, 0.1) is 0 Å². The van der Waals surface area contributed by atoms with Gasteiger partial charge in [-0.25, -0.2) is 18.1 Å². The van der Waals surface area contributed by atoms with Gasteiger partial charge in [0.2, 0.25) is 15.9 Å². The van der Waals surface area contributed by atoms with Crippen LogP contribution in [0.2, 0.25) is 0 Å². The molecule has 0 unspecified atom stereocenters. The summed E-state index contributed by atoms with van der Waals surface area (Å²) in [4.78, 5) is 16.4. The van der Waals surface area contributed by atoms with Gasteiger partial charge < -0.3 is 10.1 Å². The Kier molecular flexibility index (Phi) is 6.80. The molecule has 1 amide bonds. The van der Waals surface area contributed by atoms with E-state index in [1.165, 1.54) is 32.5 Å². The van der Waals surface area contributed by atoms with Crippen molar-refractivity contribution in [1.29, 1.82) is 0 Å². The molecular formula is C20H23N5O4S. The Labute approximate surface area is 175 Å². The van der Waals surface area contributed by atoms with E-state index < -0.39 is 22.0 Å². The molecule has 0 bridgehead atoms. The molecule has 0 radical (unpaired) electrons. The maximum absolute atomic E-state index is 12.5. The highest BCUT2D eigenvalue weighted by Crippen LogP contribution is 2.16. The summed E-state index contributed by atoms with van der Waals surface area (Å²) in [7, 11) is -2.34. The number of carbonyl (C=O) groups excluding carboxylic acids is 1. The molecule has 0 spiro atoms. The van der Waals surface area contributed by atoms with Gasteiger partial charge in [-0.15, -0.1) is 0 Å². The first-order chi connectivity index (χ1) is 14.4. The lowest BCUT2D eigenvalue weighted by Gasteiger charge is -2.16. The van der Waals surface area contributed by atoms with Crippen LogP contribution >= 0.6 is 0 Å². The molecular weight excluding hydrogens is 406 g/mol. The third kappa shape index (κ3) is 5.43. The van der Waals surface area contributed by atoms with E-state index >= 15 is 0 Å². The molecule has 0 aliphatic rings. The summed E-state index contributed by atoms with van der Waals surface area (Å²) in [5.74, 6) is 0.118. The second-order valence-electron chi connectivity index (χ2n) is 6.60. The Morgan fingerprint density at radius 3 is 2.47 bits per heavy atom. The third-order valence-electron chi connectivity index (χ3n) is 4.47. The molecule has 158 valence electrons. The summed E-state index contributed by atoms with van der Waals surface area (Å²) < 4.78 is 34.1. The van der Waals surface area contributed by atoms with Gasteiger partial charge in [0.1, 0.15) is 18.4 Å². The fourth-order valence-electron chi connectivity index (χ4n) is 2.82. The number of hydrogen-bond donors (Lipinski definition) is 2. The van der Waals surface area contributed by atoms with E-state index in [9.17, 15) is 13.2 Å². The highest BCUT2D eigenvalue weighted by Gasteiger charge is 2.22. The molecule has 1 aromatic heterocycles. The van der Waals surface area contributed by atoms with Crippen molar-refractivity contribution in [2.24, 2.45) is 0 Å². The van der Waals surface area contributed by atoms with Gasteiger partial charge in [-0.1, -0.05) is 24.3 Å². The van der Waals surface area contributed by atoms with Crippen molar-refractivity contribution >= 4 is 15.9 Å². The molecule has 3 aromatic rings. The summed E-state index contributed by atoms with van der Waals surface area (Å²) in [5.41, 5.74) is 1.89. The molecule has 30 heavy (non-hydrogen) atoms. The molecule has 0 fully saturated rings. The normalized spacial score (nSPS) is 12.3.